The summed E-state index contributed by atoms with van der Waals surface area (Å²) in [6, 6.07) is 25.5. The molecule has 1 saturated heterocycles. The van der Waals surface area contributed by atoms with Crippen LogP contribution in [0.4, 0.5) is 5.69 Å². The minimum absolute atomic E-state index is 0.156. The van der Waals surface area contributed by atoms with Crippen molar-refractivity contribution in [2.75, 3.05) is 11.9 Å². The zero-order valence-corrected chi connectivity index (χ0v) is 23.0. The van der Waals surface area contributed by atoms with Gasteiger partial charge in [-0.05, 0) is 94.6 Å². The third-order valence-corrected chi connectivity index (χ3v) is 6.94. The maximum absolute atomic E-state index is 12.9. The monoisotopic (exact) mass is 521 g/mol. The van der Waals surface area contributed by atoms with Crippen LogP contribution >= 0.6 is 0 Å². The van der Waals surface area contributed by atoms with Gasteiger partial charge >= 0.3 is 5.97 Å². The fourth-order valence-corrected chi connectivity index (χ4v) is 4.96. The summed E-state index contributed by atoms with van der Waals surface area (Å²) >= 11 is 0. The van der Waals surface area contributed by atoms with Crippen LogP contribution in [0.3, 0.4) is 0 Å². The SMILES string of the molecule is Cc1ccc(-c2ccc(C(=O)Nc3ccc4nc(CN5CCC[C@H]5C(=O)OC(C)(C)C)ccc4c3)cc2)cc1. The molecule has 0 radical (unpaired) electrons. The smallest absolute Gasteiger partial charge is 0.323 e. The molecule has 6 heteroatoms. The zero-order valence-electron chi connectivity index (χ0n) is 23.0. The Morgan fingerprint density at radius 1 is 0.949 bits per heavy atom. The van der Waals surface area contributed by atoms with Crippen LogP contribution in [0.5, 0.6) is 0 Å². The van der Waals surface area contributed by atoms with Gasteiger partial charge in [-0.15, -0.1) is 0 Å². The molecule has 0 aliphatic carbocycles. The number of amides is 1. The second-order valence-electron chi connectivity index (χ2n) is 11.3. The molecular weight excluding hydrogens is 486 g/mol. The van der Waals surface area contributed by atoms with Crippen molar-refractivity contribution in [1.29, 1.82) is 0 Å². The molecule has 6 nitrogen and oxygen atoms in total. The van der Waals surface area contributed by atoms with Gasteiger partial charge in [0, 0.05) is 23.2 Å². The van der Waals surface area contributed by atoms with Crippen molar-refractivity contribution >= 4 is 28.5 Å². The topological polar surface area (TPSA) is 71.5 Å². The number of rotatable bonds is 6. The highest BCUT2D eigenvalue weighted by Gasteiger charge is 2.34. The van der Waals surface area contributed by atoms with Crippen molar-refractivity contribution in [1.82, 2.24) is 9.88 Å². The molecule has 3 aromatic carbocycles. The number of carbonyl (C=O) groups is 2. The zero-order chi connectivity index (χ0) is 27.6. The summed E-state index contributed by atoms with van der Waals surface area (Å²) in [5.74, 6) is -0.317. The number of aryl methyl sites for hydroxylation is 1. The number of likely N-dealkylation sites (tertiary alicyclic amines) is 1. The van der Waals surface area contributed by atoms with E-state index in [1.807, 2.05) is 75.4 Å². The second-order valence-corrected chi connectivity index (χ2v) is 11.3. The second kappa shape index (κ2) is 11.0. The molecule has 0 bridgehead atoms. The predicted octanol–water partition coefficient (Wildman–Crippen LogP) is 6.77. The number of nitrogens with zero attached hydrogens (tertiary/aromatic N) is 2. The van der Waals surface area contributed by atoms with Crippen LogP contribution in [-0.4, -0.2) is 39.9 Å². The minimum atomic E-state index is -0.495. The van der Waals surface area contributed by atoms with Gasteiger partial charge in [0.05, 0.1) is 11.2 Å². The van der Waals surface area contributed by atoms with E-state index < -0.39 is 5.60 Å². The van der Waals surface area contributed by atoms with Gasteiger partial charge < -0.3 is 10.1 Å². The summed E-state index contributed by atoms with van der Waals surface area (Å²) in [6.45, 7) is 9.20. The molecule has 1 fully saturated rings. The Morgan fingerprint density at radius 3 is 2.33 bits per heavy atom. The molecule has 1 aliphatic rings. The first kappa shape index (κ1) is 26.6. The van der Waals surface area contributed by atoms with Crippen molar-refractivity contribution in [3.63, 3.8) is 0 Å². The van der Waals surface area contributed by atoms with Gasteiger partial charge in [-0.25, -0.2) is 0 Å². The van der Waals surface area contributed by atoms with Crippen molar-refractivity contribution in [2.24, 2.45) is 0 Å². The number of pyridine rings is 1. The van der Waals surface area contributed by atoms with E-state index in [-0.39, 0.29) is 17.9 Å². The fraction of sp³-hybridized carbons (Fsp3) is 0.303. The molecule has 1 amide bonds. The summed E-state index contributed by atoms with van der Waals surface area (Å²) < 4.78 is 5.63. The van der Waals surface area contributed by atoms with Gasteiger partial charge in [-0.3, -0.25) is 19.5 Å². The highest BCUT2D eigenvalue weighted by molar-refractivity contribution is 6.05. The number of benzene rings is 3. The molecule has 5 rings (SSSR count). The fourth-order valence-electron chi connectivity index (χ4n) is 4.96. The normalized spacial score (nSPS) is 15.8. The quantitative estimate of drug-likeness (QED) is 0.284. The molecule has 1 aromatic heterocycles. The van der Waals surface area contributed by atoms with Crippen LogP contribution in [0, 0.1) is 6.92 Å². The molecule has 1 N–H and O–H groups in total. The lowest BCUT2D eigenvalue weighted by atomic mass is 10.0. The number of ether oxygens (including phenoxy) is 1. The Balaban J connectivity index is 1.24. The number of nitrogens with one attached hydrogen (secondary N) is 1. The highest BCUT2D eigenvalue weighted by atomic mass is 16.6. The van der Waals surface area contributed by atoms with Crippen LogP contribution in [0.2, 0.25) is 0 Å². The van der Waals surface area contributed by atoms with Gasteiger partial charge in [0.2, 0.25) is 0 Å². The molecule has 4 aromatic rings. The minimum Gasteiger partial charge on any atom is -0.459 e. The van der Waals surface area contributed by atoms with Crippen LogP contribution in [0.1, 0.15) is 55.2 Å². The lowest BCUT2D eigenvalue weighted by Gasteiger charge is -2.27. The van der Waals surface area contributed by atoms with Crippen LogP contribution < -0.4 is 5.32 Å². The summed E-state index contributed by atoms with van der Waals surface area (Å²) in [4.78, 5) is 32.5. The van der Waals surface area contributed by atoms with Crippen molar-refractivity contribution in [2.45, 2.75) is 58.7 Å². The summed E-state index contributed by atoms with van der Waals surface area (Å²) in [7, 11) is 0. The first-order chi connectivity index (χ1) is 18.6. The van der Waals surface area contributed by atoms with Crippen LogP contribution in [-0.2, 0) is 16.1 Å². The van der Waals surface area contributed by atoms with Crippen molar-refractivity contribution in [3.8, 4) is 11.1 Å². The third-order valence-electron chi connectivity index (χ3n) is 6.94. The Labute approximate surface area is 230 Å². The highest BCUT2D eigenvalue weighted by Crippen LogP contribution is 2.25. The van der Waals surface area contributed by atoms with Crippen molar-refractivity contribution in [3.05, 3.63) is 95.7 Å². The van der Waals surface area contributed by atoms with E-state index in [0.29, 0.717) is 17.8 Å². The number of carbonyl (C=O) groups excluding carboxylic acids is 2. The molecule has 1 atom stereocenters. The first-order valence-electron chi connectivity index (χ1n) is 13.5. The predicted molar refractivity (Wildman–Crippen MR) is 156 cm³/mol. The van der Waals surface area contributed by atoms with Gasteiger partial charge in [-0.2, -0.15) is 0 Å². The van der Waals surface area contributed by atoms with E-state index >= 15 is 0 Å². The Bertz CT molecular complexity index is 1490. The van der Waals surface area contributed by atoms with Crippen LogP contribution in [0.15, 0.2) is 78.9 Å². The lowest BCUT2D eigenvalue weighted by molar-refractivity contribution is -0.160. The van der Waals surface area contributed by atoms with E-state index in [1.165, 1.54) is 5.56 Å². The van der Waals surface area contributed by atoms with Gasteiger partial charge in [0.15, 0.2) is 0 Å². The third kappa shape index (κ3) is 6.52. The van der Waals surface area contributed by atoms with Gasteiger partial charge in [-0.1, -0.05) is 48.0 Å². The molecule has 0 saturated carbocycles. The van der Waals surface area contributed by atoms with E-state index in [1.54, 1.807) is 0 Å². The number of anilines is 1. The molecule has 200 valence electrons. The summed E-state index contributed by atoms with van der Waals surface area (Å²) in [6.07, 6.45) is 1.77. The Morgan fingerprint density at radius 2 is 1.64 bits per heavy atom. The molecular formula is C33H35N3O3. The molecule has 0 spiro atoms. The Hall–Kier alpha value is -4.03. The van der Waals surface area contributed by atoms with E-state index in [4.69, 9.17) is 9.72 Å². The van der Waals surface area contributed by atoms with Crippen molar-refractivity contribution < 1.29 is 14.3 Å². The lowest BCUT2D eigenvalue weighted by Crippen LogP contribution is -2.40. The number of hydrogen-bond acceptors (Lipinski definition) is 5. The van der Waals surface area contributed by atoms with E-state index in [9.17, 15) is 9.59 Å². The number of fused-ring (bicyclic) bond motifs is 1. The average molecular weight is 522 g/mol. The maximum Gasteiger partial charge on any atom is 0.323 e. The standard InChI is InChI=1S/C33H35N3O3/c1-22-7-9-23(10-8-22)24-11-13-25(14-12-24)31(37)35-27-17-18-29-26(20-27)15-16-28(34-29)21-36-19-5-6-30(36)32(38)39-33(2,3)4/h7-18,20,30H,5-6,19,21H2,1-4H3,(H,35,37)/t30-/m0/s1. The Kier molecular flexibility index (Phi) is 7.49. The van der Waals surface area contributed by atoms with Crippen LogP contribution in [0.25, 0.3) is 22.0 Å². The molecule has 39 heavy (non-hydrogen) atoms. The largest absolute Gasteiger partial charge is 0.459 e. The first-order valence-corrected chi connectivity index (χ1v) is 13.5. The molecule has 1 aliphatic heterocycles. The number of esters is 1. The van der Waals surface area contributed by atoms with Gasteiger partial charge in [0.1, 0.15) is 11.6 Å². The summed E-state index contributed by atoms with van der Waals surface area (Å²) in [5.41, 5.74) is 5.99. The van der Waals surface area contributed by atoms with Gasteiger partial charge in [0.25, 0.3) is 5.91 Å². The average Bonchev–Trinajstić information content (AvgIpc) is 3.37. The van der Waals surface area contributed by atoms with E-state index in [0.717, 1.165) is 47.1 Å². The number of hydrogen-bond donors (Lipinski definition) is 1. The molecule has 2 heterocycles. The maximum atomic E-state index is 12.9. The summed E-state index contributed by atoms with van der Waals surface area (Å²) in [5, 5.41) is 3.94. The number of aromatic nitrogens is 1. The molecule has 0 unspecified atom stereocenters. The van der Waals surface area contributed by atoms with E-state index in [2.05, 4.69) is 41.4 Å².